The van der Waals surface area contributed by atoms with E-state index in [1.165, 1.54) is 0 Å². The van der Waals surface area contributed by atoms with E-state index in [0.717, 1.165) is 5.56 Å². The van der Waals surface area contributed by atoms with Crippen molar-refractivity contribution in [2.45, 2.75) is 17.2 Å². The van der Waals surface area contributed by atoms with E-state index in [9.17, 15) is 21.9 Å². The summed E-state index contributed by atoms with van der Waals surface area (Å²) in [6.07, 6.45) is 0.506. The molecule has 0 bridgehead atoms. The first kappa shape index (κ1) is 15.0. The fraction of sp³-hybridized carbons (Fsp3) is 0.571. The van der Waals surface area contributed by atoms with E-state index in [1.54, 1.807) is 24.3 Å². The van der Waals surface area contributed by atoms with E-state index in [2.05, 4.69) is 0 Å². The van der Waals surface area contributed by atoms with Crippen molar-refractivity contribution in [3.63, 3.8) is 0 Å². The van der Waals surface area contributed by atoms with E-state index in [1.807, 2.05) is 0 Å². The Labute approximate surface area is 124 Å². The highest BCUT2D eigenvalue weighted by molar-refractivity contribution is 7.92. The van der Waals surface area contributed by atoms with Gasteiger partial charge in [0.2, 0.25) is 0 Å². The fourth-order valence-electron chi connectivity index (χ4n) is 3.61. The maximum absolute atomic E-state index is 12.2. The molecule has 0 amide bonds. The predicted molar refractivity (Wildman–Crippen MR) is 78.6 cm³/mol. The average molecular weight is 330 g/mol. The summed E-state index contributed by atoms with van der Waals surface area (Å²) in [7, 11) is -6.38. The van der Waals surface area contributed by atoms with Gasteiger partial charge in [-0.05, 0) is 29.9 Å². The summed E-state index contributed by atoms with van der Waals surface area (Å²) in [6.45, 7) is -0.186. The minimum Gasteiger partial charge on any atom is -0.396 e. The molecule has 2 heterocycles. The summed E-state index contributed by atoms with van der Waals surface area (Å²) in [5, 5.41) is 9.72. The van der Waals surface area contributed by atoms with Crippen LogP contribution in [0.25, 0.3) is 0 Å². The first-order valence-corrected chi connectivity index (χ1v) is 10.4. The molecule has 3 unspecified atom stereocenters. The number of hydrogen-bond donors (Lipinski definition) is 1. The fourth-order valence-corrected chi connectivity index (χ4v) is 7.44. The predicted octanol–water partition coefficient (Wildman–Crippen LogP) is 0.601. The number of sulfone groups is 2. The zero-order chi connectivity index (χ0) is 15.3. The third-order valence-corrected chi connectivity index (χ3v) is 8.29. The average Bonchev–Trinajstić information content (AvgIpc) is 2.90. The lowest BCUT2D eigenvalue weighted by atomic mass is 9.79. The molecule has 1 fully saturated rings. The molecule has 2 aliphatic heterocycles. The number of aliphatic hydroxyl groups excluding tert-OH is 1. The number of fused-ring (bicyclic) bond motifs is 1. The van der Waals surface area contributed by atoms with Crippen LogP contribution in [0.15, 0.2) is 29.2 Å². The Morgan fingerprint density at radius 1 is 1.14 bits per heavy atom. The number of rotatable bonds is 3. The van der Waals surface area contributed by atoms with Crippen LogP contribution >= 0.6 is 0 Å². The Balaban J connectivity index is 1.97. The van der Waals surface area contributed by atoms with Crippen molar-refractivity contribution in [3.05, 3.63) is 29.8 Å². The summed E-state index contributed by atoms with van der Waals surface area (Å²) in [6, 6.07) is 6.83. The second-order valence-corrected chi connectivity index (χ2v) is 10.2. The first-order valence-electron chi connectivity index (χ1n) is 6.97. The van der Waals surface area contributed by atoms with E-state index >= 15 is 0 Å². The highest BCUT2D eigenvalue weighted by atomic mass is 32.2. The minimum atomic E-state index is -3.33. The number of hydrogen-bond acceptors (Lipinski definition) is 5. The molecule has 1 saturated heterocycles. The molecule has 1 aromatic rings. The van der Waals surface area contributed by atoms with Gasteiger partial charge in [0.15, 0.2) is 19.7 Å². The molecule has 0 radical (unpaired) electrons. The highest BCUT2D eigenvalue weighted by Gasteiger charge is 2.44. The summed E-state index contributed by atoms with van der Waals surface area (Å²) >= 11 is 0. The summed E-state index contributed by atoms with van der Waals surface area (Å²) in [5.41, 5.74) is 0.723. The van der Waals surface area contributed by atoms with Crippen molar-refractivity contribution >= 4 is 19.7 Å². The van der Waals surface area contributed by atoms with Crippen LogP contribution in [0, 0.1) is 11.8 Å². The van der Waals surface area contributed by atoms with Crippen molar-refractivity contribution in [2.75, 3.05) is 23.9 Å². The van der Waals surface area contributed by atoms with E-state index in [0.29, 0.717) is 11.3 Å². The molecule has 0 saturated carbocycles. The molecule has 0 aromatic heterocycles. The lowest BCUT2D eigenvalue weighted by Gasteiger charge is -2.26. The Kier molecular flexibility index (Phi) is 3.62. The topological polar surface area (TPSA) is 88.5 Å². The maximum atomic E-state index is 12.2. The molecule has 3 rings (SSSR count). The van der Waals surface area contributed by atoms with Crippen LogP contribution in [0.3, 0.4) is 0 Å². The van der Waals surface area contributed by atoms with Crippen molar-refractivity contribution in [2.24, 2.45) is 11.8 Å². The van der Waals surface area contributed by atoms with Crippen LogP contribution in [0.4, 0.5) is 0 Å². The summed E-state index contributed by atoms with van der Waals surface area (Å²) < 4.78 is 47.8. The maximum Gasteiger partial charge on any atom is 0.179 e. The van der Waals surface area contributed by atoms with Crippen molar-refractivity contribution in [1.29, 1.82) is 0 Å². The molecule has 2 aliphatic rings. The second kappa shape index (κ2) is 5.07. The van der Waals surface area contributed by atoms with Crippen molar-refractivity contribution in [1.82, 2.24) is 0 Å². The standard InChI is InChI=1S/C14H18O5S2/c15-7-12(10-5-6-20(16,17)8-10)13-9-21(18,19)14-4-2-1-3-11(13)14/h1-4,10,12-13,15H,5-9H2. The van der Waals surface area contributed by atoms with Crippen LogP contribution in [-0.2, 0) is 19.7 Å². The van der Waals surface area contributed by atoms with E-state index in [-0.39, 0.29) is 41.6 Å². The highest BCUT2D eigenvalue weighted by Crippen LogP contribution is 2.43. The van der Waals surface area contributed by atoms with Crippen molar-refractivity contribution < 1.29 is 21.9 Å². The van der Waals surface area contributed by atoms with E-state index in [4.69, 9.17) is 0 Å². The normalized spacial score (nSPS) is 30.9. The Morgan fingerprint density at radius 3 is 2.48 bits per heavy atom. The molecule has 7 heteroatoms. The van der Waals surface area contributed by atoms with Gasteiger partial charge in [-0.2, -0.15) is 0 Å². The quantitative estimate of drug-likeness (QED) is 0.877. The van der Waals surface area contributed by atoms with Gasteiger partial charge >= 0.3 is 0 Å². The molecule has 1 N–H and O–H groups in total. The van der Waals surface area contributed by atoms with Crippen molar-refractivity contribution in [3.8, 4) is 0 Å². The zero-order valence-electron chi connectivity index (χ0n) is 11.5. The molecule has 1 aromatic carbocycles. The van der Waals surface area contributed by atoms with Gasteiger partial charge in [-0.15, -0.1) is 0 Å². The smallest absolute Gasteiger partial charge is 0.179 e. The largest absolute Gasteiger partial charge is 0.396 e. The van der Waals surface area contributed by atoms with Gasteiger partial charge in [-0.3, -0.25) is 0 Å². The van der Waals surface area contributed by atoms with Gasteiger partial charge in [0.25, 0.3) is 0 Å². The molecule has 3 atom stereocenters. The van der Waals surface area contributed by atoms with Gasteiger partial charge in [-0.1, -0.05) is 18.2 Å². The van der Waals surface area contributed by atoms with Gasteiger partial charge in [0.05, 0.1) is 22.2 Å². The summed E-state index contributed by atoms with van der Waals surface area (Å²) in [4.78, 5) is 0.328. The van der Waals surface area contributed by atoms with Crippen LogP contribution < -0.4 is 0 Å². The molecule has 0 spiro atoms. The van der Waals surface area contributed by atoms with Crippen LogP contribution in [-0.4, -0.2) is 45.8 Å². The lowest BCUT2D eigenvalue weighted by Crippen LogP contribution is -2.27. The second-order valence-electron chi connectivity index (χ2n) is 5.94. The number of benzene rings is 1. The third-order valence-electron chi connectivity index (χ3n) is 4.65. The van der Waals surface area contributed by atoms with E-state index < -0.39 is 19.7 Å². The zero-order valence-corrected chi connectivity index (χ0v) is 13.1. The Hall–Kier alpha value is -0.920. The van der Waals surface area contributed by atoms with Gasteiger partial charge < -0.3 is 5.11 Å². The molecular weight excluding hydrogens is 312 g/mol. The SMILES string of the molecule is O=S1(=O)CCC(C(CO)C2CS(=O)(=O)c3ccccc32)C1. The molecule has 21 heavy (non-hydrogen) atoms. The third kappa shape index (κ3) is 2.62. The monoisotopic (exact) mass is 330 g/mol. The molecule has 116 valence electrons. The van der Waals surface area contributed by atoms with Crippen LogP contribution in [0.5, 0.6) is 0 Å². The minimum absolute atomic E-state index is 0.0336. The molecule has 0 aliphatic carbocycles. The lowest BCUT2D eigenvalue weighted by molar-refractivity contribution is 0.165. The molecular formula is C14H18O5S2. The van der Waals surface area contributed by atoms with Gasteiger partial charge in [0, 0.05) is 12.5 Å². The van der Waals surface area contributed by atoms with Gasteiger partial charge in [-0.25, -0.2) is 16.8 Å². The number of aliphatic hydroxyl groups is 1. The first-order chi connectivity index (χ1) is 9.84. The Bertz CT molecular complexity index is 751. The Morgan fingerprint density at radius 2 is 1.86 bits per heavy atom. The van der Waals surface area contributed by atoms with Crippen LogP contribution in [0.2, 0.25) is 0 Å². The summed E-state index contributed by atoms with van der Waals surface area (Å²) in [5.74, 6) is -0.637. The van der Waals surface area contributed by atoms with Crippen LogP contribution in [0.1, 0.15) is 17.9 Å². The van der Waals surface area contributed by atoms with Gasteiger partial charge in [0.1, 0.15) is 0 Å². The molecule has 5 nitrogen and oxygen atoms in total.